The number of nitrogens with one attached hydrogen (secondary N) is 1. The highest BCUT2D eigenvalue weighted by Crippen LogP contribution is 2.41. The topological polar surface area (TPSA) is 99.3 Å². The molecule has 9 heteroatoms. The van der Waals surface area contributed by atoms with Gasteiger partial charge in [-0.2, -0.15) is 5.10 Å². The van der Waals surface area contributed by atoms with Gasteiger partial charge in [0.25, 0.3) is 0 Å². The highest BCUT2D eigenvalue weighted by molar-refractivity contribution is 6.10. The lowest BCUT2D eigenvalue weighted by Gasteiger charge is -2.29. The van der Waals surface area contributed by atoms with Crippen LogP contribution in [0.15, 0.2) is 54.9 Å². The van der Waals surface area contributed by atoms with E-state index in [-0.39, 0.29) is 31.8 Å². The molecule has 1 aromatic carbocycles. The van der Waals surface area contributed by atoms with Crippen LogP contribution in [-0.4, -0.2) is 49.8 Å². The summed E-state index contributed by atoms with van der Waals surface area (Å²) in [5, 5.41) is 6.97. The molecule has 1 saturated heterocycles. The van der Waals surface area contributed by atoms with Crippen molar-refractivity contribution in [3.8, 4) is 0 Å². The van der Waals surface area contributed by atoms with Gasteiger partial charge in [-0.15, -0.1) is 0 Å². The Labute approximate surface area is 190 Å². The summed E-state index contributed by atoms with van der Waals surface area (Å²) >= 11 is 0. The number of benzene rings is 1. The standard InChI is InChI=1S/C24H24FN5O3/c1-16-9-20(28-27-16)15-29(2)21(31)11-24(18-6-3-7-19(25)10-18)12-22(32)30(23(24)33)14-17-5-4-8-26-13-17/h3-10,13H,11-12,14-15H2,1-2H3,(H,27,28)/t24-/m1/s1. The van der Waals surface area contributed by atoms with E-state index in [4.69, 9.17) is 0 Å². The van der Waals surface area contributed by atoms with Gasteiger partial charge in [0.05, 0.1) is 24.2 Å². The second kappa shape index (κ2) is 8.93. The summed E-state index contributed by atoms with van der Waals surface area (Å²) in [5.74, 6) is -1.80. The number of hydrogen-bond acceptors (Lipinski definition) is 5. The van der Waals surface area contributed by atoms with Crippen molar-refractivity contribution < 1.29 is 18.8 Å². The van der Waals surface area contributed by atoms with E-state index in [1.54, 1.807) is 37.6 Å². The maximum atomic E-state index is 14.1. The van der Waals surface area contributed by atoms with Gasteiger partial charge in [0.2, 0.25) is 17.7 Å². The SMILES string of the molecule is Cc1cc(CN(C)C(=O)C[C@]2(c3cccc(F)c3)CC(=O)N(Cc3cccnc3)C2=O)n[nH]1. The van der Waals surface area contributed by atoms with Crippen molar-refractivity contribution in [2.24, 2.45) is 0 Å². The van der Waals surface area contributed by atoms with E-state index in [0.29, 0.717) is 16.8 Å². The molecular formula is C24H24FN5O3. The lowest BCUT2D eigenvalue weighted by atomic mass is 9.75. The van der Waals surface area contributed by atoms with Crippen LogP contribution >= 0.6 is 0 Å². The first-order chi connectivity index (χ1) is 15.8. The Morgan fingerprint density at radius 3 is 2.73 bits per heavy atom. The van der Waals surface area contributed by atoms with E-state index < -0.39 is 23.0 Å². The Hall–Kier alpha value is -3.88. The molecule has 1 N–H and O–H groups in total. The van der Waals surface area contributed by atoms with Gasteiger partial charge in [-0.25, -0.2) is 4.39 Å². The van der Waals surface area contributed by atoms with E-state index in [1.165, 1.54) is 23.1 Å². The monoisotopic (exact) mass is 449 g/mol. The molecule has 8 nitrogen and oxygen atoms in total. The molecule has 0 aliphatic carbocycles. The Bertz CT molecular complexity index is 1200. The third-order valence-corrected chi connectivity index (χ3v) is 5.89. The molecule has 3 heterocycles. The summed E-state index contributed by atoms with van der Waals surface area (Å²) in [7, 11) is 1.61. The zero-order valence-corrected chi connectivity index (χ0v) is 18.4. The molecule has 4 rings (SSSR count). The molecule has 0 saturated carbocycles. The summed E-state index contributed by atoms with van der Waals surface area (Å²) in [6.07, 6.45) is 2.71. The number of pyridine rings is 1. The third kappa shape index (κ3) is 4.52. The minimum absolute atomic E-state index is 0.0408. The largest absolute Gasteiger partial charge is 0.340 e. The predicted octanol–water partition coefficient (Wildman–Crippen LogP) is 2.50. The molecule has 170 valence electrons. The molecule has 0 radical (unpaired) electrons. The van der Waals surface area contributed by atoms with E-state index in [1.807, 2.05) is 13.0 Å². The molecule has 1 fully saturated rings. The minimum atomic E-state index is -1.48. The van der Waals surface area contributed by atoms with Gasteiger partial charge in [0, 0.05) is 38.0 Å². The fraction of sp³-hybridized carbons (Fsp3) is 0.292. The average molecular weight is 449 g/mol. The number of carbonyl (C=O) groups is 3. The minimum Gasteiger partial charge on any atom is -0.340 e. The number of aryl methyl sites for hydroxylation is 1. The fourth-order valence-electron chi connectivity index (χ4n) is 4.17. The number of H-pyrrole nitrogens is 1. The summed E-state index contributed by atoms with van der Waals surface area (Å²) in [6.45, 7) is 2.14. The van der Waals surface area contributed by atoms with Gasteiger partial charge in [0.1, 0.15) is 5.82 Å². The molecule has 0 spiro atoms. The van der Waals surface area contributed by atoms with Gasteiger partial charge in [0.15, 0.2) is 0 Å². The van der Waals surface area contributed by atoms with Crippen LogP contribution in [0, 0.1) is 12.7 Å². The maximum Gasteiger partial charge on any atom is 0.241 e. The van der Waals surface area contributed by atoms with Crippen LogP contribution in [0.1, 0.15) is 35.4 Å². The molecule has 2 aromatic heterocycles. The van der Waals surface area contributed by atoms with Gasteiger partial charge in [-0.05, 0) is 42.3 Å². The fourth-order valence-corrected chi connectivity index (χ4v) is 4.17. The number of hydrogen-bond donors (Lipinski definition) is 1. The van der Waals surface area contributed by atoms with Crippen molar-refractivity contribution in [3.63, 3.8) is 0 Å². The van der Waals surface area contributed by atoms with Crippen LogP contribution in [0.2, 0.25) is 0 Å². The number of nitrogens with zero attached hydrogens (tertiary/aromatic N) is 4. The molecule has 1 atom stereocenters. The Kier molecular flexibility index (Phi) is 6.04. The number of amides is 3. The number of aromatic amines is 1. The van der Waals surface area contributed by atoms with Crippen molar-refractivity contribution in [1.82, 2.24) is 25.0 Å². The molecule has 0 unspecified atom stereocenters. The summed E-state index contributed by atoms with van der Waals surface area (Å²) in [5.41, 5.74) is 1.06. The number of halogens is 1. The number of likely N-dealkylation sites (tertiary alicyclic amines) is 1. The van der Waals surface area contributed by atoms with Crippen LogP contribution < -0.4 is 0 Å². The predicted molar refractivity (Wildman–Crippen MR) is 117 cm³/mol. The zero-order valence-electron chi connectivity index (χ0n) is 18.4. The van der Waals surface area contributed by atoms with Crippen molar-refractivity contribution in [1.29, 1.82) is 0 Å². The van der Waals surface area contributed by atoms with Gasteiger partial charge in [-0.1, -0.05) is 18.2 Å². The molecule has 1 aliphatic rings. The van der Waals surface area contributed by atoms with E-state index in [9.17, 15) is 18.8 Å². The molecule has 33 heavy (non-hydrogen) atoms. The highest BCUT2D eigenvalue weighted by atomic mass is 19.1. The van der Waals surface area contributed by atoms with Crippen molar-refractivity contribution in [2.75, 3.05) is 7.05 Å². The Balaban J connectivity index is 1.64. The lowest BCUT2D eigenvalue weighted by Crippen LogP contribution is -2.42. The zero-order chi connectivity index (χ0) is 23.6. The first kappa shape index (κ1) is 22.3. The second-order valence-electron chi connectivity index (χ2n) is 8.38. The summed E-state index contributed by atoms with van der Waals surface area (Å²) in [6, 6.07) is 10.9. The van der Waals surface area contributed by atoms with Crippen LogP contribution in [0.3, 0.4) is 0 Å². The van der Waals surface area contributed by atoms with E-state index in [2.05, 4.69) is 15.2 Å². The van der Waals surface area contributed by atoms with E-state index >= 15 is 0 Å². The molecule has 3 aromatic rings. The van der Waals surface area contributed by atoms with Crippen molar-refractivity contribution >= 4 is 17.7 Å². The smallest absolute Gasteiger partial charge is 0.241 e. The quantitative estimate of drug-likeness (QED) is 0.559. The molecule has 0 bridgehead atoms. The number of imide groups is 1. The first-order valence-corrected chi connectivity index (χ1v) is 10.5. The molecule has 3 amide bonds. The molecule has 1 aliphatic heterocycles. The Morgan fingerprint density at radius 1 is 1.24 bits per heavy atom. The van der Waals surface area contributed by atoms with Crippen LogP contribution in [-0.2, 0) is 32.9 Å². The van der Waals surface area contributed by atoms with Gasteiger partial charge >= 0.3 is 0 Å². The maximum absolute atomic E-state index is 14.1. The number of carbonyl (C=O) groups excluding carboxylic acids is 3. The van der Waals surface area contributed by atoms with Crippen LogP contribution in [0.4, 0.5) is 4.39 Å². The summed E-state index contributed by atoms with van der Waals surface area (Å²) in [4.78, 5) is 46.4. The van der Waals surface area contributed by atoms with Gasteiger partial charge < -0.3 is 4.90 Å². The van der Waals surface area contributed by atoms with Crippen LogP contribution in [0.25, 0.3) is 0 Å². The first-order valence-electron chi connectivity index (χ1n) is 10.5. The van der Waals surface area contributed by atoms with Crippen molar-refractivity contribution in [3.05, 3.63) is 83.2 Å². The number of aromatic nitrogens is 3. The molecular weight excluding hydrogens is 425 g/mol. The second-order valence-corrected chi connectivity index (χ2v) is 8.38. The summed E-state index contributed by atoms with van der Waals surface area (Å²) < 4.78 is 14.1. The van der Waals surface area contributed by atoms with Crippen LogP contribution in [0.5, 0.6) is 0 Å². The van der Waals surface area contributed by atoms with Gasteiger partial charge in [-0.3, -0.25) is 29.4 Å². The average Bonchev–Trinajstić information content (AvgIpc) is 3.30. The normalized spacial score (nSPS) is 18.1. The Morgan fingerprint density at radius 2 is 2.06 bits per heavy atom. The number of rotatable bonds is 7. The highest BCUT2D eigenvalue weighted by Gasteiger charge is 2.54. The lowest BCUT2D eigenvalue weighted by molar-refractivity contribution is -0.143. The third-order valence-electron chi connectivity index (χ3n) is 5.89. The van der Waals surface area contributed by atoms with E-state index in [0.717, 1.165) is 10.6 Å². The van der Waals surface area contributed by atoms with Crippen molar-refractivity contribution in [2.45, 2.75) is 38.3 Å².